The van der Waals surface area contributed by atoms with Gasteiger partial charge in [0.05, 0.1) is 18.1 Å². The molecule has 24 nitrogen and oxygen atoms in total. The van der Waals surface area contributed by atoms with Crippen molar-refractivity contribution in [3.8, 4) is 0 Å². The van der Waals surface area contributed by atoms with Crippen LogP contribution in [0.5, 0.6) is 0 Å². The predicted molar refractivity (Wildman–Crippen MR) is 296 cm³/mol. The van der Waals surface area contributed by atoms with Gasteiger partial charge in [-0.05, 0) is 51.9 Å². The topological polar surface area (TPSA) is 395 Å². The molecule has 7 atom stereocenters. The van der Waals surface area contributed by atoms with Gasteiger partial charge < -0.3 is 69.2 Å². The van der Waals surface area contributed by atoms with E-state index in [1.165, 1.54) is 12.5 Å². The fourth-order valence-electron chi connectivity index (χ4n) is 8.10. The third-order valence-corrected chi connectivity index (χ3v) is 13.0. The summed E-state index contributed by atoms with van der Waals surface area (Å²) in [6, 6.07) is 16.2. The lowest BCUT2D eigenvalue weighted by atomic mass is 9.99. The van der Waals surface area contributed by atoms with Gasteiger partial charge in [-0.1, -0.05) is 84.9 Å². The standard InChI is InChI=1S/C52H65N13O11S2/c53-36(26-77)45(69)61-38(15-16-44(67)68)48(72)65-41(24-35-25-56-28-59-35)50(74)64-40(23-30-12-14-32-7-2-4-9-34(32)21-30)49(73)62-37(10-5-18-58-52(54)55)47(71)63-39(22-29-11-13-31-6-1-3-8-33(31)20-29)46(70)57-19-17-43(66)60-42(27-78)51(75)76/h1-4,6-9,11-14,20-21,25,28,36-42,77-78H,5,10,15-19,22-24,26-27,53H2,(H,56,59)(H,57,70)(H,60,66)(H,61,69)(H,62,73)(H,63,71)(H,64,74)(H,65,72)(H,67,68)(H,75,76)(H4,54,55,58)/t36-,37-,38-,39-,40+,41-,42-/m0/s1. The van der Waals surface area contributed by atoms with Gasteiger partial charge in [-0.2, -0.15) is 25.3 Å². The molecule has 0 saturated carbocycles. The van der Waals surface area contributed by atoms with Crippen LogP contribution in [0.2, 0.25) is 0 Å². The van der Waals surface area contributed by atoms with Crippen LogP contribution >= 0.6 is 25.3 Å². The first-order chi connectivity index (χ1) is 37.3. The summed E-state index contributed by atoms with van der Waals surface area (Å²) < 4.78 is 0. The number of hydrogen-bond donors (Lipinski definition) is 16. The number of thiol groups is 2. The molecule has 7 amide bonds. The normalized spacial score (nSPS) is 13.7. The second-order valence-electron chi connectivity index (χ2n) is 18.2. The molecule has 0 aliphatic carbocycles. The van der Waals surface area contributed by atoms with Gasteiger partial charge in [0, 0.05) is 62.9 Å². The summed E-state index contributed by atoms with van der Waals surface area (Å²) in [6.07, 6.45) is 1.16. The first kappa shape index (κ1) is 60.6. The first-order valence-electron chi connectivity index (χ1n) is 24.9. The fourth-order valence-corrected chi connectivity index (χ4v) is 8.52. The van der Waals surface area contributed by atoms with E-state index in [1.54, 1.807) is 12.1 Å². The van der Waals surface area contributed by atoms with Crippen molar-refractivity contribution in [3.05, 3.63) is 114 Å². The number of benzene rings is 4. The molecule has 1 aromatic heterocycles. The van der Waals surface area contributed by atoms with E-state index in [1.807, 2.05) is 72.8 Å². The third-order valence-electron chi connectivity index (χ3n) is 12.3. The van der Waals surface area contributed by atoms with E-state index in [2.05, 4.69) is 77.8 Å². The second kappa shape index (κ2) is 30.5. The van der Waals surface area contributed by atoms with Crippen molar-refractivity contribution in [3.63, 3.8) is 0 Å². The van der Waals surface area contributed by atoms with Gasteiger partial charge in [0.1, 0.15) is 36.3 Å². The molecule has 5 rings (SSSR count). The van der Waals surface area contributed by atoms with Crippen LogP contribution in [0, 0.1) is 5.41 Å². The van der Waals surface area contributed by atoms with Crippen molar-refractivity contribution < 1.29 is 53.4 Å². The Balaban J connectivity index is 1.46. The molecule has 78 heavy (non-hydrogen) atoms. The van der Waals surface area contributed by atoms with Gasteiger partial charge in [-0.25, -0.2) is 9.78 Å². The number of imidazole rings is 1. The third kappa shape index (κ3) is 19.4. The summed E-state index contributed by atoms with van der Waals surface area (Å²) in [5.74, 6) is -8.89. The van der Waals surface area contributed by atoms with E-state index in [0.29, 0.717) is 16.8 Å². The van der Waals surface area contributed by atoms with E-state index in [4.69, 9.17) is 16.9 Å². The van der Waals surface area contributed by atoms with Crippen LogP contribution in [0.4, 0.5) is 0 Å². The molecule has 0 spiro atoms. The highest BCUT2D eigenvalue weighted by Crippen LogP contribution is 2.19. The lowest BCUT2D eigenvalue weighted by molar-refractivity contribution is -0.141. The largest absolute Gasteiger partial charge is 0.481 e. The monoisotopic (exact) mass is 1110 g/mol. The minimum atomic E-state index is -1.49. The molecule has 1 heterocycles. The lowest BCUT2D eigenvalue weighted by Crippen LogP contribution is -2.60. The van der Waals surface area contributed by atoms with E-state index >= 15 is 0 Å². The number of amides is 7. The number of hydrogen-bond acceptors (Lipinski definition) is 14. The molecule has 0 unspecified atom stereocenters. The molecule has 0 saturated heterocycles. The number of carboxylic acid groups (broad SMARTS) is 2. The number of guanidine groups is 1. The molecule has 26 heteroatoms. The molecule has 0 fully saturated rings. The Hall–Kier alpha value is -8.23. The number of carboxylic acids is 2. The van der Waals surface area contributed by atoms with Crippen molar-refractivity contribution in [2.75, 3.05) is 24.6 Å². The van der Waals surface area contributed by atoms with Crippen LogP contribution in [-0.2, 0) is 62.4 Å². The molecule has 5 aromatic rings. The molecule has 4 aromatic carbocycles. The minimum Gasteiger partial charge on any atom is -0.481 e. The van der Waals surface area contributed by atoms with Gasteiger partial charge in [-0.15, -0.1) is 0 Å². The summed E-state index contributed by atoms with van der Waals surface area (Å²) in [5.41, 5.74) is 12.9. The van der Waals surface area contributed by atoms with E-state index < -0.39 is 102 Å². The quantitative estimate of drug-likeness (QED) is 0.0116. The van der Waals surface area contributed by atoms with Crippen molar-refractivity contribution in [2.45, 2.75) is 93.7 Å². The fraction of sp³-hybridized carbons (Fsp3) is 0.365. The predicted octanol–water partition coefficient (Wildman–Crippen LogP) is -0.441. The zero-order valence-corrected chi connectivity index (χ0v) is 44.1. The number of rotatable bonds is 31. The maximum atomic E-state index is 14.9. The van der Waals surface area contributed by atoms with Crippen molar-refractivity contribution in [1.29, 1.82) is 5.41 Å². The van der Waals surface area contributed by atoms with Gasteiger partial charge in [-0.3, -0.25) is 43.8 Å². The van der Waals surface area contributed by atoms with Crippen LogP contribution in [0.1, 0.15) is 48.9 Å². The number of nitrogens with one attached hydrogen (secondary N) is 10. The summed E-state index contributed by atoms with van der Waals surface area (Å²) in [6.45, 7) is -0.154. The number of aromatic amines is 1. The van der Waals surface area contributed by atoms with Crippen molar-refractivity contribution in [1.82, 2.24) is 52.5 Å². The number of aliphatic carboxylic acids is 2. The van der Waals surface area contributed by atoms with Crippen LogP contribution in [0.25, 0.3) is 21.5 Å². The number of aromatic nitrogens is 2. The Bertz CT molecular complexity index is 2930. The lowest BCUT2D eigenvalue weighted by Gasteiger charge is -2.27. The van der Waals surface area contributed by atoms with Gasteiger partial charge in [0.25, 0.3) is 0 Å². The highest BCUT2D eigenvalue weighted by atomic mass is 32.1. The number of nitrogens with two attached hydrogens (primary N) is 2. The van der Waals surface area contributed by atoms with Crippen molar-refractivity contribution >= 4 is 106 Å². The Kier molecular flexibility index (Phi) is 23.7. The highest BCUT2D eigenvalue weighted by molar-refractivity contribution is 7.80. The van der Waals surface area contributed by atoms with E-state index in [0.717, 1.165) is 21.5 Å². The Morgan fingerprint density at radius 3 is 1.56 bits per heavy atom. The van der Waals surface area contributed by atoms with Crippen LogP contribution in [-0.4, -0.2) is 146 Å². The molecular formula is C52H65N13O11S2. The maximum Gasteiger partial charge on any atom is 0.327 e. The van der Waals surface area contributed by atoms with Gasteiger partial charge in [0.2, 0.25) is 41.4 Å². The minimum absolute atomic E-state index is 0.0610. The van der Waals surface area contributed by atoms with Gasteiger partial charge in [0.15, 0.2) is 5.96 Å². The van der Waals surface area contributed by atoms with Crippen molar-refractivity contribution in [2.24, 2.45) is 11.5 Å². The molecule has 0 aliphatic heterocycles. The number of carbonyl (C=O) groups is 9. The Morgan fingerprint density at radius 1 is 0.564 bits per heavy atom. The number of H-pyrrole nitrogens is 1. The Morgan fingerprint density at radius 2 is 1.06 bits per heavy atom. The zero-order valence-electron chi connectivity index (χ0n) is 42.3. The molecule has 0 aliphatic rings. The molecular weight excluding hydrogens is 1050 g/mol. The molecule has 416 valence electrons. The van der Waals surface area contributed by atoms with Gasteiger partial charge >= 0.3 is 11.9 Å². The number of fused-ring (bicyclic) bond motifs is 2. The van der Waals surface area contributed by atoms with Crippen LogP contribution < -0.4 is 54.0 Å². The maximum absolute atomic E-state index is 14.9. The average molecular weight is 1110 g/mol. The number of nitrogens with zero attached hydrogens (tertiary/aromatic N) is 1. The smallest absolute Gasteiger partial charge is 0.327 e. The zero-order chi connectivity index (χ0) is 56.7. The SMILES string of the molecule is N=C(N)NCCC[C@H](NC(=O)[C@@H](Cc1ccc2ccccc2c1)NC(=O)[C@H](Cc1c[nH]cn1)NC(=O)[C@H](CCC(=O)O)NC(=O)[C@@H](N)CS)C(=O)N[C@@H](Cc1ccc2ccccc2c1)C(=O)NCCC(=O)N[C@@H](CS)C(=O)O. The van der Waals surface area contributed by atoms with E-state index in [-0.39, 0.29) is 75.5 Å². The molecule has 0 radical (unpaired) electrons. The molecule has 16 N–H and O–H groups in total. The Labute approximate surface area is 459 Å². The highest BCUT2D eigenvalue weighted by Gasteiger charge is 2.34. The average Bonchev–Trinajstić information content (AvgIpc) is 3.94. The van der Waals surface area contributed by atoms with E-state index in [9.17, 15) is 53.4 Å². The summed E-state index contributed by atoms with van der Waals surface area (Å²) in [4.78, 5) is 128. The summed E-state index contributed by atoms with van der Waals surface area (Å²) >= 11 is 8.00. The first-order valence-corrected chi connectivity index (χ1v) is 26.1. The van der Waals surface area contributed by atoms with Crippen LogP contribution in [0.15, 0.2) is 97.5 Å². The number of carbonyl (C=O) groups excluding carboxylic acids is 7. The summed E-state index contributed by atoms with van der Waals surface area (Å²) in [5, 5.41) is 50.8. The summed E-state index contributed by atoms with van der Waals surface area (Å²) in [7, 11) is 0. The van der Waals surface area contributed by atoms with Crippen LogP contribution in [0.3, 0.4) is 0 Å². The molecule has 0 bridgehead atoms. The second-order valence-corrected chi connectivity index (χ2v) is 19.0.